The van der Waals surface area contributed by atoms with Crippen LogP contribution in [0, 0.1) is 5.41 Å². The fourth-order valence-corrected chi connectivity index (χ4v) is 3.37. The van der Waals surface area contributed by atoms with E-state index >= 15 is 0 Å². The molecule has 19 heavy (non-hydrogen) atoms. The van der Waals surface area contributed by atoms with Crippen molar-refractivity contribution >= 4 is 11.9 Å². The number of carbonyl (C=O) groups is 2. The van der Waals surface area contributed by atoms with Gasteiger partial charge < -0.3 is 9.64 Å². The summed E-state index contributed by atoms with van der Waals surface area (Å²) in [5.41, 5.74) is -0.248. The molecule has 1 saturated heterocycles. The van der Waals surface area contributed by atoms with Crippen molar-refractivity contribution in [2.75, 3.05) is 13.2 Å². The highest BCUT2D eigenvalue weighted by Crippen LogP contribution is 2.40. The van der Waals surface area contributed by atoms with Gasteiger partial charge in [-0.3, -0.25) is 4.79 Å². The third-order valence-electron chi connectivity index (χ3n) is 4.55. The second-order valence-electron chi connectivity index (χ2n) is 6.03. The topological polar surface area (TPSA) is 46.6 Å². The van der Waals surface area contributed by atoms with Crippen LogP contribution in [-0.2, 0) is 14.3 Å². The predicted molar refractivity (Wildman–Crippen MR) is 72.6 cm³/mol. The largest absolute Gasteiger partial charge is 0.464 e. The van der Waals surface area contributed by atoms with Gasteiger partial charge in [-0.05, 0) is 39.0 Å². The van der Waals surface area contributed by atoms with Gasteiger partial charge in [-0.1, -0.05) is 19.8 Å². The molecule has 0 aromatic heterocycles. The van der Waals surface area contributed by atoms with Crippen LogP contribution >= 0.6 is 0 Å². The van der Waals surface area contributed by atoms with Crippen molar-refractivity contribution in [1.29, 1.82) is 0 Å². The molecule has 1 aliphatic heterocycles. The Hall–Kier alpha value is -1.06. The summed E-state index contributed by atoms with van der Waals surface area (Å²) in [5.74, 6) is -0.0556. The summed E-state index contributed by atoms with van der Waals surface area (Å²) in [7, 11) is 0. The van der Waals surface area contributed by atoms with Gasteiger partial charge in [-0.25, -0.2) is 4.79 Å². The van der Waals surface area contributed by atoms with Crippen LogP contribution in [-0.4, -0.2) is 36.0 Å². The smallest absolute Gasteiger partial charge is 0.328 e. The van der Waals surface area contributed by atoms with Gasteiger partial charge >= 0.3 is 5.97 Å². The lowest BCUT2D eigenvalue weighted by atomic mass is 9.85. The summed E-state index contributed by atoms with van der Waals surface area (Å²) in [4.78, 5) is 26.6. The van der Waals surface area contributed by atoms with E-state index in [2.05, 4.69) is 6.92 Å². The van der Waals surface area contributed by atoms with Crippen LogP contribution in [0.1, 0.15) is 58.8 Å². The number of hydrogen-bond acceptors (Lipinski definition) is 3. The molecular weight excluding hydrogens is 242 g/mol. The highest BCUT2D eigenvalue weighted by Gasteiger charge is 2.43. The maximum absolute atomic E-state index is 12.8. The first-order valence-corrected chi connectivity index (χ1v) is 7.56. The average molecular weight is 267 g/mol. The molecule has 1 aliphatic carbocycles. The first-order chi connectivity index (χ1) is 9.08. The van der Waals surface area contributed by atoms with E-state index in [4.69, 9.17) is 4.74 Å². The van der Waals surface area contributed by atoms with Gasteiger partial charge in [0.05, 0.1) is 6.61 Å². The molecule has 0 aromatic rings. The number of likely N-dealkylation sites (tertiary alicyclic amines) is 1. The molecule has 2 aliphatic rings. The second kappa shape index (κ2) is 5.93. The minimum Gasteiger partial charge on any atom is -0.464 e. The van der Waals surface area contributed by atoms with Crippen LogP contribution in [0.15, 0.2) is 0 Å². The number of carbonyl (C=O) groups excluding carboxylic acids is 2. The Labute approximate surface area is 115 Å². The first kappa shape index (κ1) is 14.4. The highest BCUT2D eigenvalue weighted by atomic mass is 16.5. The maximum atomic E-state index is 12.8. The summed E-state index contributed by atoms with van der Waals surface area (Å²) >= 11 is 0. The zero-order chi connectivity index (χ0) is 13.9. The molecule has 1 saturated carbocycles. The lowest BCUT2D eigenvalue weighted by Gasteiger charge is -2.38. The molecule has 4 nitrogen and oxygen atoms in total. The van der Waals surface area contributed by atoms with E-state index in [9.17, 15) is 9.59 Å². The molecule has 108 valence electrons. The monoisotopic (exact) mass is 267 g/mol. The zero-order valence-electron chi connectivity index (χ0n) is 12.1. The lowest BCUT2D eigenvalue weighted by molar-refractivity contribution is -0.160. The molecule has 2 rings (SSSR count). The fraction of sp³-hybridized carbons (Fsp3) is 0.867. The van der Waals surface area contributed by atoms with Crippen molar-refractivity contribution in [2.45, 2.75) is 64.8 Å². The van der Waals surface area contributed by atoms with Crippen molar-refractivity contribution in [1.82, 2.24) is 4.90 Å². The normalized spacial score (nSPS) is 26.2. The summed E-state index contributed by atoms with van der Waals surface area (Å²) in [6.07, 6.45) is 6.92. The van der Waals surface area contributed by atoms with Crippen molar-refractivity contribution in [3.63, 3.8) is 0 Å². The molecule has 1 amide bonds. The van der Waals surface area contributed by atoms with Crippen molar-refractivity contribution in [2.24, 2.45) is 5.41 Å². The second-order valence-corrected chi connectivity index (χ2v) is 6.03. The van der Waals surface area contributed by atoms with Gasteiger partial charge in [0, 0.05) is 12.0 Å². The van der Waals surface area contributed by atoms with E-state index in [1.54, 1.807) is 4.90 Å². The third-order valence-corrected chi connectivity index (χ3v) is 4.55. The van der Waals surface area contributed by atoms with Gasteiger partial charge in [0.1, 0.15) is 6.04 Å². The summed E-state index contributed by atoms with van der Waals surface area (Å²) < 4.78 is 5.12. The van der Waals surface area contributed by atoms with Crippen LogP contribution in [0.2, 0.25) is 0 Å². The Balaban J connectivity index is 2.10. The molecular formula is C15H25NO3. The number of rotatable bonds is 3. The van der Waals surface area contributed by atoms with Crippen molar-refractivity contribution < 1.29 is 14.3 Å². The predicted octanol–water partition coefficient (Wildman–Crippen LogP) is 2.51. The highest BCUT2D eigenvalue weighted by molar-refractivity contribution is 5.88. The molecule has 1 heterocycles. The van der Waals surface area contributed by atoms with E-state index < -0.39 is 0 Å². The van der Waals surface area contributed by atoms with Crippen LogP contribution in [0.4, 0.5) is 0 Å². The number of piperidine rings is 1. The quantitative estimate of drug-likeness (QED) is 0.738. The minimum absolute atomic E-state index is 0.169. The molecule has 0 N–H and O–H groups in total. The average Bonchev–Trinajstić information content (AvgIpc) is 2.86. The van der Waals surface area contributed by atoms with Gasteiger partial charge in [-0.15, -0.1) is 0 Å². The van der Waals surface area contributed by atoms with Gasteiger partial charge in [-0.2, -0.15) is 0 Å². The molecule has 0 bridgehead atoms. The Morgan fingerprint density at radius 1 is 1.21 bits per heavy atom. The molecule has 0 radical (unpaired) electrons. The number of amides is 1. The maximum Gasteiger partial charge on any atom is 0.328 e. The Morgan fingerprint density at radius 2 is 1.89 bits per heavy atom. The summed E-state index contributed by atoms with van der Waals surface area (Å²) in [6, 6.07) is -0.348. The number of esters is 1. The van der Waals surface area contributed by atoms with Crippen molar-refractivity contribution in [3.8, 4) is 0 Å². The SMILES string of the molecule is CCOC(=O)C1CCCCN1C(=O)C1(C)CCCC1. The lowest BCUT2D eigenvalue weighted by Crippen LogP contribution is -2.52. The Bertz CT molecular complexity index is 347. The van der Waals surface area contributed by atoms with Crippen LogP contribution < -0.4 is 0 Å². The third kappa shape index (κ3) is 2.93. The summed E-state index contributed by atoms with van der Waals surface area (Å²) in [6.45, 7) is 4.96. The molecule has 1 unspecified atom stereocenters. The number of nitrogens with zero attached hydrogens (tertiary/aromatic N) is 1. The van der Waals surface area contributed by atoms with E-state index in [0.29, 0.717) is 13.2 Å². The van der Waals surface area contributed by atoms with E-state index in [1.807, 2.05) is 6.92 Å². The fourth-order valence-electron chi connectivity index (χ4n) is 3.37. The standard InChI is InChI=1S/C15H25NO3/c1-3-19-13(17)12-8-4-7-11-16(12)14(18)15(2)9-5-6-10-15/h12H,3-11H2,1-2H3. The Kier molecular flexibility index (Phi) is 4.48. The molecule has 0 aromatic carbocycles. The molecule has 0 spiro atoms. The van der Waals surface area contributed by atoms with Crippen LogP contribution in [0.3, 0.4) is 0 Å². The molecule has 4 heteroatoms. The summed E-state index contributed by atoms with van der Waals surface area (Å²) in [5, 5.41) is 0. The van der Waals surface area contributed by atoms with E-state index in [-0.39, 0.29) is 23.3 Å². The zero-order valence-corrected chi connectivity index (χ0v) is 12.1. The van der Waals surface area contributed by atoms with E-state index in [0.717, 1.165) is 44.9 Å². The van der Waals surface area contributed by atoms with Crippen LogP contribution in [0.25, 0.3) is 0 Å². The molecule has 1 atom stereocenters. The van der Waals surface area contributed by atoms with Gasteiger partial charge in [0.25, 0.3) is 0 Å². The number of ether oxygens (including phenoxy) is 1. The van der Waals surface area contributed by atoms with Crippen LogP contribution in [0.5, 0.6) is 0 Å². The molecule has 2 fully saturated rings. The minimum atomic E-state index is -0.348. The van der Waals surface area contributed by atoms with Gasteiger partial charge in [0.2, 0.25) is 5.91 Å². The Morgan fingerprint density at radius 3 is 2.53 bits per heavy atom. The number of hydrogen-bond donors (Lipinski definition) is 0. The van der Waals surface area contributed by atoms with Crippen molar-refractivity contribution in [3.05, 3.63) is 0 Å². The van der Waals surface area contributed by atoms with E-state index in [1.165, 1.54) is 0 Å². The first-order valence-electron chi connectivity index (χ1n) is 7.56. The van der Waals surface area contributed by atoms with Gasteiger partial charge in [0.15, 0.2) is 0 Å².